The van der Waals surface area contributed by atoms with Crippen molar-refractivity contribution in [2.75, 3.05) is 5.32 Å². The molecule has 3 aromatic rings. The quantitative estimate of drug-likeness (QED) is 0.749. The van der Waals surface area contributed by atoms with Crippen LogP contribution in [0.5, 0.6) is 0 Å². The molecule has 1 atom stereocenters. The summed E-state index contributed by atoms with van der Waals surface area (Å²) in [6.07, 6.45) is 1.36. The lowest BCUT2D eigenvalue weighted by atomic mass is 10.1. The molecular weight excluding hydrogens is 340 g/mol. The van der Waals surface area contributed by atoms with Gasteiger partial charge in [0.1, 0.15) is 6.17 Å². The maximum atomic E-state index is 12.6. The van der Waals surface area contributed by atoms with E-state index in [0.717, 1.165) is 16.8 Å². The molecule has 0 aliphatic carbocycles. The van der Waals surface area contributed by atoms with Crippen molar-refractivity contribution < 1.29 is 0 Å². The van der Waals surface area contributed by atoms with Crippen LogP contribution in [-0.2, 0) is 6.54 Å². The van der Waals surface area contributed by atoms with E-state index in [-0.39, 0.29) is 11.7 Å². The highest BCUT2D eigenvalue weighted by molar-refractivity contribution is 5.93. The zero-order valence-corrected chi connectivity index (χ0v) is 15.2. The molecule has 0 radical (unpaired) electrons. The van der Waals surface area contributed by atoms with Gasteiger partial charge in [0.15, 0.2) is 5.96 Å². The van der Waals surface area contributed by atoms with Crippen molar-refractivity contribution >= 4 is 11.9 Å². The smallest absolute Gasteiger partial charge is 0.257 e. The summed E-state index contributed by atoms with van der Waals surface area (Å²) in [5, 5.41) is 6.43. The highest BCUT2D eigenvalue weighted by atomic mass is 16.1. The van der Waals surface area contributed by atoms with Crippen LogP contribution in [0.15, 0.2) is 64.5 Å². The van der Waals surface area contributed by atoms with Gasteiger partial charge in [-0.3, -0.25) is 19.7 Å². The van der Waals surface area contributed by atoms with Gasteiger partial charge in [-0.1, -0.05) is 35.9 Å². The second-order valence-electron chi connectivity index (χ2n) is 6.50. The topological polar surface area (TPSA) is 84.2 Å². The molecule has 2 aromatic heterocycles. The van der Waals surface area contributed by atoms with Crippen LogP contribution >= 0.6 is 0 Å². The number of aromatic nitrogens is 3. The Balaban J connectivity index is 1.74. The summed E-state index contributed by atoms with van der Waals surface area (Å²) in [7, 11) is 0. The maximum Gasteiger partial charge on any atom is 0.257 e. The summed E-state index contributed by atoms with van der Waals surface area (Å²) in [4.78, 5) is 26.0. The molecule has 1 aliphatic heterocycles. The number of guanidine groups is 1. The first-order chi connectivity index (χ1) is 13.1. The molecular formula is C20H20N6O. The van der Waals surface area contributed by atoms with E-state index < -0.39 is 0 Å². The molecule has 2 N–H and O–H groups in total. The van der Waals surface area contributed by atoms with Gasteiger partial charge in [-0.05, 0) is 31.5 Å². The third-order valence-corrected chi connectivity index (χ3v) is 4.36. The minimum atomic E-state index is -0.384. The standard InChI is InChI=1S/C20H20N6O/c1-13-6-8-15(9-7-13)18-24-19(22-12-16-5-3-4-10-21-16)25-20-23-14(2)11-17(27)26(18)20/h3-11,18H,12H2,1-2H3,(H2,22,23,24,25)/t18-/m1/s1. The molecule has 0 amide bonds. The summed E-state index contributed by atoms with van der Waals surface area (Å²) in [5.41, 5.74) is 3.52. The zero-order valence-electron chi connectivity index (χ0n) is 15.2. The molecule has 0 fully saturated rings. The molecule has 3 heterocycles. The van der Waals surface area contributed by atoms with Crippen molar-refractivity contribution in [2.45, 2.75) is 26.6 Å². The summed E-state index contributed by atoms with van der Waals surface area (Å²) in [6.45, 7) is 4.26. The SMILES string of the molecule is Cc1ccc([C@@H]2NC(=NCc3ccccn3)Nc3nc(C)cc(=O)n32)cc1. The number of fused-ring (bicyclic) bond motifs is 1. The molecule has 0 saturated carbocycles. The van der Waals surface area contributed by atoms with Gasteiger partial charge in [-0.25, -0.2) is 9.98 Å². The van der Waals surface area contributed by atoms with Gasteiger partial charge in [-0.2, -0.15) is 0 Å². The highest BCUT2D eigenvalue weighted by Gasteiger charge is 2.26. The van der Waals surface area contributed by atoms with Gasteiger partial charge < -0.3 is 5.32 Å². The molecule has 1 aromatic carbocycles. The van der Waals surface area contributed by atoms with E-state index in [1.165, 1.54) is 6.07 Å². The van der Waals surface area contributed by atoms with Gasteiger partial charge in [0.2, 0.25) is 5.95 Å². The lowest BCUT2D eigenvalue weighted by molar-refractivity contribution is 0.514. The Kier molecular flexibility index (Phi) is 4.42. The Bertz CT molecular complexity index is 1040. The Labute approximate surface area is 156 Å². The largest absolute Gasteiger partial charge is 0.331 e. The number of aliphatic imine (C=N–C) groups is 1. The minimum Gasteiger partial charge on any atom is -0.331 e. The van der Waals surface area contributed by atoms with Crippen LogP contribution in [0.2, 0.25) is 0 Å². The van der Waals surface area contributed by atoms with Crippen LogP contribution < -0.4 is 16.2 Å². The monoisotopic (exact) mass is 360 g/mol. The van der Waals surface area contributed by atoms with E-state index in [9.17, 15) is 4.79 Å². The molecule has 0 saturated heterocycles. The van der Waals surface area contributed by atoms with E-state index in [0.29, 0.717) is 24.1 Å². The Morgan fingerprint density at radius 1 is 1.15 bits per heavy atom. The Morgan fingerprint density at radius 3 is 2.70 bits per heavy atom. The summed E-state index contributed by atoms with van der Waals surface area (Å²) < 4.78 is 1.61. The molecule has 0 unspecified atom stereocenters. The third kappa shape index (κ3) is 3.57. The Hall–Kier alpha value is -3.48. The predicted molar refractivity (Wildman–Crippen MR) is 105 cm³/mol. The van der Waals surface area contributed by atoms with Crippen LogP contribution in [0.1, 0.15) is 28.7 Å². The van der Waals surface area contributed by atoms with Crippen molar-refractivity contribution in [1.82, 2.24) is 19.9 Å². The number of pyridine rings is 1. The van der Waals surface area contributed by atoms with Crippen molar-refractivity contribution in [2.24, 2.45) is 4.99 Å². The molecule has 136 valence electrons. The van der Waals surface area contributed by atoms with Gasteiger partial charge in [0, 0.05) is 18.0 Å². The van der Waals surface area contributed by atoms with E-state index in [1.807, 2.05) is 49.4 Å². The van der Waals surface area contributed by atoms with E-state index in [1.54, 1.807) is 17.7 Å². The average molecular weight is 360 g/mol. The fourth-order valence-corrected chi connectivity index (χ4v) is 3.00. The number of hydrogen-bond acceptors (Lipinski definition) is 4. The number of aryl methyl sites for hydroxylation is 2. The van der Waals surface area contributed by atoms with Gasteiger partial charge >= 0.3 is 0 Å². The first-order valence-corrected chi connectivity index (χ1v) is 8.75. The second kappa shape index (κ2) is 7.03. The average Bonchev–Trinajstić information content (AvgIpc) is 2.67. The van der Waals surface area contributed by atoms with Crippen LogP contribution in [0.3, 0.4) is 0 Å². The molecule has 0 bridgehead atoms. The summed E-state index contributed by atoms with van der Waals surface area (Å²) >= 11 is 0. The Morgan fingerprint density at radius 2 is 1.96 bits per heavy atom. The van der Waals surface area contributed by atoms with Gasteiger partial charge in [-0.15, -0.1) is 0 Å². The van der Waals surface area contributed by atoms with Gasteiger partial charge in [0.05, 0.1) is 12.2 Å². The first-order valence-electron chi connectivity index (χ1n) is 8.75. The highest BCUT2D eigenvalue weighted by Crippen LogP contribution is 2.22. The van der Waals surface area contributed by atoms with Crippen molar-refractivity contribution in [3.63, 3.8) is 0 Å². The molecule has 1 aliphatic rings. The molecule has 0 spiro atoms. The van der Waals surface area contributed by atoms with Crippen LogP contribution in [-0.4, -0.2) is 20.5 Å². The summed E-state index contributed by atoms with van der Waals surface area (Å²) in [5.74, 6) is 1.04. The van der Waals surface area contributed by atoms with Gasteiger partial charge in [0.25, 0.3) is 5.56 Å². The van der Waals surface area contributed by atoms with E-state index >= 15 is 0 Å². The van der Waals surface area contributed by atoms with Crippen molar-refractivity contribution in [3.8, 4) is 0 Å². The first kappa shape index (κ1) is 17.0. The number of hydrogen-bond donors (Lipinski definition) is 2. The fraction of sp³-hybridized carbons (Fsp3) is 0.200. The number of nitrogens with one attached hydrogen (secondary N) is 2. The minimum absolute atomic E-state index is 0.119. The number of nitrogens with zero attached hydrogens (tertiary/aromatic N) is 4. The van der Waals surface area contributed by atoms with E-state index in [2.05, 4.69) is 25.6 Å². The van der Waals surface area contributed by atoms with Crippen molar-refractivity contribution in [1.29, 1.82) is 0 Å². The van der Waals surface area contributed by atoms with Crippen molar-refractivity contribution in [3.05, 3.63) is 87.6 Å². The second-order valence-corrected chi connectivity index (χ2v) is 6.50. The van der Waals surface area contributed by atoms with Crippen LogP contribution in [0.25, 0.3) is 0 Å². The molecule has 27 heavy (non-hydrogen) atoms. The van der Waals surface area contributed by atoms with Crippen LogP contribution in [0.4, 0.5) is 5.95 Å². The lowest BCUT2D eigenvalue weighted by Gasteiger charge is -2.31. The summed E-state index contributed by atoms with van der Waals surface area (Å²) in [6, 6.07) is 15.3. The predicted octanol–water partition coefficient (Wildman–Crippen LogP) is 2.37. The third-order valence-electron chi connectivity index (χ3n) is 4.36. The molecule has 7 heteroatoms. The van der Waals surface area contributed by atoms with E-state index in [4.69, 9.17) is 0 Å². The zero-order chi connectivity index (χ0) is 18.8. The number of benzene rings is 1. The van der Waals surface area contributed by atoms with Crippen LogP contribution in [0, 0.1) is 13.8 Å². The number of anilines is 1. The molecule has 4 rings (SSSR count). The molecule has 7 nitrogen and oxygen atoms in total. The maximum absolute atomic E-state index is 12.6. The normalized spacial score (nSPS) is 17.1. The number of rotatable bonds is 3. The fourth-order valence-electron chi connectivity index (χ4n) is 3.00. The lowest BCUT2D eigenvalue weighted by Crippen LogP contribution is -2.48.